The molecule has 0 spiro atoms. The maximum absolute atomic E-state index is 12.5. The van der Waals surface area contributed by atoms with Gasteiger partial charge < -0.3 is 20.8 Å². The molecule has 1 aromatic rings. The van der Waals surface area contributed by atoms with Crippen LogP contribution in [0.3, 0.4) is 0 Å². The van der Waals surface area contributed by atoms with Gasteiger partial charge in [0, 0.05) is 18.7 Å². The van der Waals surface area contributed by atoms with Crippen molar-refractivity contribution in [3.63, 3.8) is 0 Å². The number of benzene rings is 1. The minimum absolute atomic E-state index is 0.0255. The Bertz CT molecular complexity index is 617. The van der Waals surface area contributed by atoms with E-state index in [1.54, 1.807) is 0 Å². The number of primary amides is 1. The zero-order valence-electron chi connectivity index (χ0n) is 12.8. The topological polar surface area (TPSA) is 97.0 Å². The number of oxime groups is 1. The first-order valence-corrected chi connectivity index (χ1v) is 7.77. The zero-order chi connectivity index (χ0) is 16.2. The summed E-state index contributed by atoms with van der Waals surface area (Å²) in [7, 11) is 0. The number of anilines is 1. The average molecular weight is 316 g/mol. The molecule has 2 aliphatic heterocycles. The van der Waals surface area contributed by atoms with Crippen molar-refractivity contribution < 1.29 is 14.4 Å². The Labute approximate surface area is 134 Å². The molecule has 1 fully saturated rings. The largest absolute Gasteiger partial charge is 0.390 e. The summed E-state index contributed by atoms with van der Waals surface area (Å²) in [5, 5.41) is 6.53. The number of nitrogens with one attached hydrogen (secondary N) is 1. The van der Waals surface area contributed by atoms with E-state index < -0.39 is 5.91 Å². The van der Waals surface area contributed by atoms with E-state index in [0.717, 1.165) is 25.1 Å². The van der Waals surface area contributed by atoms with Crippen molar-refractivity contribution in [2.24, 2.45) is 10.9 Å². The van der Waals surface area contributed by atoms with Crippen LogP contribution in [-0.4, -0.2) is 42.8 Å². The third-order valence-corrected chi connectivity index (χ3v) is 4.16. The van der Waals surface area contributed by atoms with E-state index in [1.807, 2.05) is 30.3 Å². The summed E-state index contributed by atoms with van der Waals surface area (Å²) in [5.74, 6) is -0.604. The van der Waals surface area contributed by atoms with Gasteiger partial charge in [0.2, 0.25) is 5.91 Å². The van der Waals surface area contributed by atoms with Gasteiger partial charge in [-0.15, -0.1) is 0 Å². The predicted octanol–water partition coefficient (Wildman–Crippen LogP) is 0.402. The lowest BCUT2D eigenvalue weighted by atomic mass is 10.1. The van der Waals surface area contributed by atoms with Crippen molar-refractivity contribution in [2.75, 3.05) is 18.0 Å². The molecule has 1 saturated heterocycles. The summed E-state index contributed by atoms with van der Waals surface area (Å²) in [4.78, 5) is 30.7. The van der Waals surface area contributed by atoms with Crippen LogP contribution in [0.5, 0.6) is 0 Å². The van der Waals surface area contributed by atoms with E-state index in [9.17, 15) is 9.59 Å². The third-order valence-electron chi connectivity index (χ3n) is 4.16. The highest BCUT2D eigenvalue weighted by Gasteiger charge is 2.32. The maximum atomic E-state index is 12.5. The molecule has 0 aromatic heterocycles. The lowest BCUT2D eigenvalue weighted by Gasteiger charge is -2.26. The fourth-order valence-corrected chi connectivity index (χ4v) is 2.98. The molecule has 3 N–H and O–H groups in total. The molecule has 2 atom stereocenters. The van der Waals surface area contributed by atoms with Crippen molar-refractivity contribution in [3.8, 4) is 0 Å². The van der Waals surface area contributed by atoms with Crippen molar-refractivity contribution >= 4 is 23.2 Å². The van der Waals surface area contributed by atoms with Crippen molar-refractivity contribution in [3.05, 3.63) is 30.3 Å². The van der Waals surface area contributed by atoms with Crippen LogP contribution >= 0.6 is 0 Å². The second-order valence-electron chi connectivity index (χ2n) is 5.77. The summed E-state index contributed by atoms with van der Waals surface area (Å²) in [6.45, 7) is 1.19. The summed E-state index contributed by atoms with van der Waals surface area (Å²) < 4.78 is 0. The Morgan fingerprint density at radius 1 is 1.35 bits per heavy atom. The van der Waals surface area contributed by atoms with Crippen molar-refractivity contribution in [1.29, 1.82) is 0 Å². The van der Waals surface area contributed by atoms with E-state index in [1.165, 1.54) is 0 Å². The summed E-state index contributed by atoms with van der Waals surface area (Å²) in [5.41, 5.74) is 6.43. The molecule has 23 heavy (non-hydrogen) atoms. The number of para-hydroxylation sites is 1. The second kappa shape index (κ2) is 6.68. The van der Waals surface area contributed by atoms with E-state index >= 15 is 0 Å². The Morgan fingerprint density at radius 2 is 2.13 bits per heavy atom. The Kier molecular flexibility index (Phi) is 4.45. The van der Waals surface area contributed by atoms with Crippen LogP contribution in [0.15, 0.2) is 35.5 Å². The first-order chi connectivity index (χ1) is 11.1. The number of rotatable bonds is 5. The van der Waals surface area contributed by atoms with Crippen LogP contribution < -0.4 is 16.0 Å². The number of nitrogens with zero attached hydrogens (tertiary/aromatic N) is 2. The number of nitrogens with two attached hydrogens (primary N) is 1. The molecule has 122 valence electrons. The number of hydrogen-bond donors (Lipinski definition) is 2. The Balaban J connectivity index is 1.53. The van der Waals surface area contributed by atoms with Gasteiger partial charge in [-0.2, -0.15) is 0 Å². The molecular weight excluding hydrogens is 296 g/mol. The van der Waals surface area contributed by atoms with Gasteiger partial charge in [-0.05, 0) is 25.0 Å². The van der Waals surface area contributed by atoms with Gasteiger partial charge in [-0.25, -0.2) is 0 Å². The standard InChI is InChI=1S/C16H20N4O3/c17-15(21)13-9-12(23-19-13)10-18-16(22)14-7-4-8-20(14)11-5-2-1-3-6-11/h1-3,5-6,12,14H,4,7-10H2,(H2,17,21)(H,18,22)/t12-,14-/m1/s1. The van der Waals surface area contributed by atoms with Crippen LogP contribution in [0.2, 0.25) is 0 Å². The third kappa shape index (κ3) is 3.44. The smallest absolute Gasteiger partial charge is 0.266 e. The van der Waals surface area contributed by atoms with Gasteiger partial charge in [0.25, 0.3) is 5.91 Å². The van der Waals surface area contributed by atoms with Gasteiger partial charge in [0.05, 0.1) is 6.54 Å². The predicted molar refractivity (Wildman–Crippen MR) is 85.9 cm³/mol. The highest BCUT2D eigenvalue weighted by atomic mass is 16.6. The van der Waals surface area contributed by atoms with Crippen molar-refractivity contribution in [2.45, 2.75) is 31.4 Å². The second-order valence-corrected chi connectivity index (χ2v) is 5.77. The molecule has 7 nitrogen and oxygen atoms in total. The first kappa shape index (κ1) is 15.3. The summed E-state index contributed by atoms with van der Waals surface area (Å²) >= 11 is 0. The molecule has 3 rings (SSSR count). The SMILES string of the molecule is NC(=O)C1=NO[C@@H](CNC(=O)[C@H]2CCCN2c2ccccc2)C1. The molecule has 0 unspecified atom stereocenters. The van der Waals surface area contributed by atoms with Gasteiger partial charge in [-0.1, -0.05) is 23.4 Å². The molecular formula is C16H20N4O3. The summed E-state index contributed by atoms with van der Waals surface area (Å²) in [6, 6.07) is 9.75. The molecule has 0 saturated carbocycles. The first-order valence-electron chi connectivity index (χ1n) is 7.77. The van der Waals surface area contributed by atoms with Gasteiger partial charge in [0.1, 0.15) is 11.8 Å². The van der Waals surface area contributed by atoms with E-state index in [-0.39, 0.29) is 23.8 Å². The van der Waals surface area contributed by atoms with E-state index in [2.05, 4.69) is 15.4 Å². The number of hydrogen-bond acceptors (Lipinski definition) is 5. The van der Waals surface area contributed by atoms with Crippen molar-refractivity contribution in [1.82, 2.24) is 5.32 Å². The Hall–Kier alpha value is -2.57. The quantitative estimate of drug-likeness (QED) is 0.822. The van der Waals surface area contributed by atoms with Gasteiger partial charge >= 0.3 is 0 Å². The number of amides is 2. The van der Waals surface area contributed by atoms with Crippen LogP contribution in [-0.2, 0) is 14.4 Å². The van der Waals surface area contributed by atoms with Crippen LogP contribution in [0.25, 0.3) is 0 Å². The van der Waals surface area contributed by atoms with Gasteiger partial charge in [0.15, 0.2) is 6.10 Å². The normalized spacial score (nSPS) is 23.3. The number of carbonyl (C=O) groups is 2. The van der Waals surface area contributed by atoms with Crippen LogP contribution in [0.4, 0.5) is 5.69 Å². The molecule has 0 bridgehead atoms. The molecule has 2 heterocycles. The van der Waals surface area contributed by atoms with Crippen LogP contribution in [0, 0.1) is 0 Å². The number of carbonyl (C=O) groups excluding carboxylic acids is 2. The van der Waals surface area contributed by atoms with Gasteiger partial charge in [-0.3, -0.25) is 9.59 Å². The highest BCUT2D eigenvalue weighted by molar-refractivity contribution is 6.38. The Morgan fingerprint density at radius 3 is 2.83 bits per heavy atom. The highest BCUT2D eigenvalue weighted by Crippen LogP contribution is 2.25. The molecule has 1 aromatic carbocycles. The maximum Gasteiger partial charge on any atom is 0.266 e. The zero-order valence-corrected chi connectivity index (χ0v) is 12.8. The van der Waals surface area contributed by atoms with E-state index in [4.69, 9.17) is 10.6 Å². The van der Waals surface area contributed by atoms with Crippen LogP contribution in [0.1, 0.15) is 19.3 Å². The molecule has 2 amide bonds. The molecule has 0 radical (unpaired) electrons. The molecule has 2 aliphatic rings. The minimum Gasteiger partial charge on any atom is -0.390 e. The molecule has 0 aliphatic carbocycles. The monoisotopic (exact) mass is 316 g/mol. The fraction of sp³-hybridized carbons (Fsp3) is 0.438. The lowest BCUT2D eigenvalue weighted by Crippen LogP contribution is -2.45. The lowest BCUT2D eigenvalue weighted by molar-refractivity contribution is -0.122. The molecule has 7 heteroatoms. The minimum atomic E-state index is -0.579. The fourth-order valence-electron chi connectivity index (χ4n) is 2.98. The average Bonchev–Trinajstić information content (AvgIpc) is 3.23. The summed E-state index contributed by atoms with van der Waals surface area (Å²) in [6.07, 6.45) is 1.83. The van der Waals surface area contributed by atoms with E-state index in [0.29, 0.717) is 13.0 Å².